The van der Waals surface area contributed by atoms with Crippen molar-refractivity contribution in [2.75, 3.05) is 38.2 Å². The molecular formula is C24H32N2O3. The summed E-state index contributed by atoms with van der Waals surface area (Å²) in [6.45, 7) is 9.14. The molecule has 1 amide bonds. The van der Waals surface area contributed by atoms with E-state index in [0.29, 0.717) is 31.1 Å². The van der Waals surface area contributed by atoms with Gasteiger partial charge in [-0.25, -0.2) is 0 Å². The number of amides is 1. The lowest BCUT2D eigenvalue weighted by Crippen LogP contribution is -2.33. The van der Waals surface area contributed by atoms with Crippen molar-refractivity contribution >= 4 is 11.6 Å². The molecule has 5 nitrogen and oxygen atoms in total. The minimum atomic E-state index is -0.172. The smallest absolute Gasteiger partial charge is 0.259 e. The lowest BCUT2D eigenvalue weighted by Gasteiger charge is -2.30. The minimum Gasteiger partial charge on any atom is -0.490 e. The highest BCUT2D eigenvalue weighted by Gasteiger charge is 2.16. The van der Waals surface area contributed by atoms with E-state index < -0.39 is 0 Å². The molecule has 1 unspecified atom stereocenters. The van der Waals surface area contributed by atoms with Crippen LogP contribution >= 0.6 is 0 Å². The van der Waals surface area contributed by atoms with Gasteiger partial charge in [-0.1, -0.05) is 31.2 Å². The molecule has 1 fully saturated rings. The van der Waals surface area contributed by atoms with Crippen LogP contribution in [-0.2, 0) is 11.3 Å². The largest absolute Gasteiger partial charge is 0.490 e. The quantitative estimate of drug-likeness (QED) is 0.630. The summed E-state index contributed by atoms with van der Waals surface area (Å²) in [5.41, 5.74) is 2.59. The second-order valence-corrected chi connectivity index (χ2v) is 7.68. The van der Waals surface area contributed by atoms with Gasteiger partial charge in [-0.3, -0.25) is 9.69 Å². The number of anilines is 1. The molecule has 0 saturated carbocycles. The molecule has 2 aromatic carbocycles. The topological polar surface area (TPSA) is 50.8 Å². The maximum Gasteiger partial charge on any atom is 0.259 e. The van der Waals surface area contributed by atoms with Gasteiger partial charge in [0, 0.05) is 25.4 Å². The highest BCUT2D eigenvalue weighted by atomic mass is 16.5. The Bertz CT molecular complexity index is 776. The summed E-state index contributed by atoms with van der Waals surface area (Å²) in [6.07, 6.45) is 2.61. The van der Waals surface area contributed by atoms with Gasteiger partial charge in [-0.2, -0.15) is 0 Å². The average molecular weight is 397 g/mol. The molecule has 1 atom stereocenters. The standard InChI is InChI=1S/C24H32N2O3/c1-3-28-15-16-29-23-9-5-4-8-22(23)24(27)25-21-12-10-20(11-13-21)18-26-14-6-7-19(2)17-26/h4-5,8-13,19H,3,6-7,14-18H2,1-2H3,(H,25,27). The first-order chi connectivity index (χ1) is 14.2. The number of hydrogen-bond acceptors (Lipinski definition) is 4. The predicted octanol–water partition coefficient (Wildman–Crippen LogP) is 4.59. The number of rotatable bonds is 9. The van der Waals surface area contributed by atoms with Crippen molar-refractivity contribution in [1.82, 2.24) is 4.90 Å². The third-order valence-electron chi connectivity index (χ3n) is 5.18. The van der Waals surface area contributed by atoms with E-state index in [9.17, 15) is 4.79 Å². The van der Waals surface area contributed by atoms with Crippen molar-refractivity contribution in [3.63, 3.8) is 0 Å². The van der Waals surface area contributed by atoms with E-state index >= 15 is 0 Å². The van der Waals surface area contributed by atoms with Crippen LogP contribution in [0.2, 0.25) is 0 Å². The molecular weight excluding hydrogens is 364 g/mol. The Kier molecular flexibility index (Phi) is 8.08. The summed E-state index contributed by atoms with van der Waals surface area (Å²) in [6, 6.07) is 15.4. The number of nitrogens with zero attached hydrogens (tertiary/aromatic N) is 1. The van der Waals surface area contributed by atoms with Gasteiger partial charge in [-0.05, 0) is 62.1 Å². The van der Waals surface area contributed by atoms with E-state index in [-0.39, 0.29) is 5.91 Å². The Morgan fingerprint density at radius 2 is 1.93 bits per heavy atom. The summed E-state index contributed by atoms with van der Waals surface area (Å²) in [5, 5.41) is 2.97. The normalized spacial score (nSPS) is 17.1. The van der Waals surface area contributed by atoms with Gasteiger partial charge in [-0.15, -0.1) is 0 Å². The molecule has 0 aliphatic carbocycles. The lowest BCUT2D eigenvalue weighted by atomic mass is 10.00. The zero-order valence-electron chi connectivity index (χ0n) is 17.5. The van der Waals surface area contributed by atoms with Gasteiger partial charge < -0.3 is 14.8 Å². The molecule has 29 heavy (non-hydrogen) atoms. The van der Waals surface area contributed by atoms with Crippen molar-refractivity contribution in [2.45, 2.75) is 33.2 Å². The first-order valence-electron chi connectivity index (χ1n) is 10.6. The molecule has 0 bridgehead atoms. The summed E-state index contributed by atoms with van der Waals surface area (Å²) in [4.78, 5) is 15.2. The van der Waals surface area contributed by atoms with E-state index in [1.54, 1.807) is 6.07 Å². The molecule has 0 aromatic heterocycles. The summed E-state index contributed by atoms with van der Waals surface area (Å²) >= 11 is 0. The summed E-state index contributed by atoms with van der Waals surface area (Å²) in [5.74, 6) is 1.17. The molecule has 0 radical (unpaired) electrons. The van der Waals surface area contributed by atoms with Crippen molar-refractivity contribution in [3.05, 3.63) is 59.7 Å². The van der Waals surface area contributed by atoms with Crippen LogP contribution < -0.4 is 10.1 Å². The van der Waals surface area contributed by atoms with Gasteiger partial charge in [0.1, 0.15) is 12.4 Å². The van der Waals surface area contributed by atoms with Gasteiger partial charge >= 0.3 is 0 Å². The Hall–Kier alpha value is -2.37. The third-order valence-corrected chi connectivity index (χ3v) is 5.18. The summed E-state index contributed by atoms with van der Waals surface area (Å²) in [7, 11) is 0. The van der Waals surface area contributed by atoms with Crippen LogP contribution in [0.1, 0.15) is 42.6 Å². The molecule has 1 N–H and O–H groups in total. The number of nitrogens with one attached hydrogen (secondary N) is 1. The first-order valence-corrected chi connectivity index (χ1v) is 10.6. The zero-order valence-corrected chi connectivity index (χ0v) is 17.5. The van der Waals surface area contributed by atoms with Gasteiger partial charge in [0.2, 0.25) is 0 Å². The molecule has 1 heterocycles. The van der Waals surface area contributed by atoms with Crippen molar-refractivity contribution in [3.8, 4) is 5.75 Å². The number of benzene rings is 2. The third kappa shape index (κ3) is 6.58. The molecule has 0 spiro atoms. The number of likely N-dealkylation sites (tertiary alicyclic amines) is 1. The summed E-state index contributed by atoms with van der Waals surface area (Å²) < 4.78 is 11.0. The monoisotopic (exact) mass is 396 g/mol. The first kappa shape index (κ1) is 21.3. The average Bonchev–Trinajstić information content (AvgIpc) is 2.73. The molecule has 2 aromatic rings. The van der Waals surface area contributed by atoms with E-state index in [1.807, 2.05) is 37.3 Å². The second-order valence-electron chi connectivity index (χ2n) is 7.68. The van der Waals surface area contributed by atoms with E-state index in [0.717, 1.165) is 18.2 Å². The van der Waals surface area contributed by atoms with Crippen molar-refractivity contribution < 1.29 is 14.3 Å². The number of carbonyl (C=O) groups excluding carboxylic acids is 1. The van der Waals surface area contributed by atoms with Gasteiger partial charge in [0.25, 0.3) is 5.91 Å². The van der Waals surface area contributed by atoms with Crippen LogP contribution in [-0.4, -0.2) is 43.7 Å². The van der Waals surface area contributed by atoms with Crippen LogP contribution in [0.15, 0.2) is 48.5 Å². The second kappa shape index (κ2) is 11.0. The number of carbonyl (C=O) groups is 1. The van der Waals surface area contributed by atoms with Crippen LogP contribution in [0.4, 0.5) is 5.69 Å². The molecule has 1 saturated heterocycles. The molecule has 156 valence electrons. The van der Waals surface area contributed by atoms with E-state index in [4.69, 9.17) is 9.47 Å². The fraction of sp³-hybridized carbons (Fsp3) is 0.458. The zero-order chi connectivity index (χ0) is 20.5. The number of para-hydroxylation sites is 1. The predicted molar refractivity (Wildman–Crippen MR) is 117 cm³/mol. The Morgan fingerprint density at radius 3 is 2.69 bits per heavy atom. The molecule has 1 aliphatic heterocycles. The van der Waals surface area contributed by atoms with Crippen LogP contribution in [0, 0.1) is 5.92 Å². The Labute approximate surface area is 174 Å². The molecule has 3 rings (SSSR count). The number of ether oxygens (including phenoxy) is 2. The van der Waals surface area contributed by atoms with Crippen molar-refractivity contribution in [2.24, 2.45) is 5.92 Å². The SMILES string of the molecule is CCOCCOc1ccccc1C(=O)Nc1ccc(CN2CCCC(C)C2)cc1. The van der Waals surface area contributed by atoms with Crippen LogP contribution in [0.25, 0.3) is 0 Å². The highest BCUT2D eigenvalue weighted by Crippen LogP contribution is 2.21. The molecule has 1 aliphatic rings. The fourth-order valence-corrected chi connectivity index (χ4v) is 3.72. The maximum absolute atomic E-state index is 12.7. The van der Waals surface area contributed by atoms with Gasteiger partial charge in [0.05, 0.1) is 12.2 Å². The van der Waals surface area contributed by atoms with E-state index in [2.05, 4.69) is 29.3 Å². The number of hydrogen-bond donors (Lipinski definition) is 1. The van der Waals surface area contributed by atoms with Crippen molar-refractivity contribution in [1.29, 1.82) is 0 Å². The van der Waals surface area contributed by atoms with Gasteiger partial charge in [0.15, 0.2) is 0 Å². The van der Waals surface area contributed by atoms with Crippen LogP contribution in [0.3, 0.4) is 0 Å². The van der Waals surface area contributed by atoms with Crippen LogP contribution in [0.5, 0.6) is 5.75 Å². The Morgan fingerprint density at radius 1 is 1.14 bits per heavy atom. The molecule has 5 heteroatoms. The minimum absolute atomic E-state index is 0.172. The fourth-order valence-electron chi connectivity index (χ4n) is 3.72. The van der Waals surface area contributed by atoms with E-state index in [1.165, 1.54) is 31.5 Å². The number of piperidine rings is 1. The lowest BCUT2D eigenvalue weighted by molar-refractivity contribution is 0.0998. The maximum atomic E-state index is 12.7. The highest BCUT2D eigenvalue weighted by molar-refractivity contribution is 6.06. The Balaban J connectivity index is 1.56.